The van der Waals surface area contributed by atoms with Gasteiger partial charge in [-0.25, -0.2) is 115 Å². The highest BCUT2D eigenvalue weighted by atomic mass is 32.2. The van der Waals surface area contributed by atoms with E-state index in [1.54, 1.807) is 33.9 Å². The number of nitrogens with one attached hydrogen (secondary N) is 4. The molecule has 4 amide bonds. The molecule has 4 aromatic heterocycles. The fourth-order valence-electron chi connectivity index (χ4n) is 16.2. The van der Waals surface area contributed by atoms with Gasteiger partial charge in [-0.2, -0.15) is 0 Å². The molecular formula is C83H101F12N21O12S4. The maximum Gasteiger partial charge on any atom is 0.224 e. The first-order valence-corrected chi connectivity index (χ1v) is 48.8. The van der Waals surface area contributed by atoms with Gasteiger partial charge in [0.25, 0.3) is 0 Å². The summed E-state index contributed by atoms with van der Waals surface area (Å²) in [6.45, 7) is 0.837. The average molecular weight is 1940 g/mol. The second-order valence-corrected chi connectivity index (χ2v) is 42.7. The molecule has 33 nitrogen and oxygen atoms in total. The van der Waals surface area contributed by atoms with E-state index in [-0.39, 0.29) is 160 Å². The lowest BCUT2D eigenvalue weighted by Crippen LogP contribution is -2.51. The number of hydrogen-bond acceptors (Lipinski definition) is 22. The predicted molar refractivity (Wildman–Crippen MR) is 452 cm³/mol. The molecule has 0 spiro atoms. The van der Waals surface area contributed by atoms with Crippen molar-refractivity contribution in [3.8, 4) is 0 Å². The number of halogens is 12. The number of imidazole rings is 2. The van der Waals surface area contributed by atoms with Crippen LogP contribution in [0.4, 0.5) is 52.7 Å². The van der Waals surface area contributed by atoms with Crippen LogP contribution in [-0.2, 0) is 158 Å². The van der Waals surface area contributed by atoms with Crippen LogP contribution in [0.25, 0.3) is 0 Å². The van der Waals surface area contributed by atoms with Crippen LogP contribution in [0, 0.1) is 69.8 Å². The molecule has 718 valence electrons. The topological polar surface area (TPSA) is 462 Å². The lowest BCUT2D eigenvalue weighted by Gasteiger charge is -2.36. The number of amides is 4. The fraction of sp³-hybridized carbons (Fsp3) is 0.518. The molecule has 132 heavy (non-hydrogen) atoms. The number of benzene rings is 4. The monoisotopic (exact) mass is 1940 g/mol. The number of aromatic nitrogens is 9. The lowest BCUT2D eigenvalue weighted by atomic mass is 9.99. The number of rotatable bonds is 32. The van der Waals surface area contributed by atoms with Gasteiger partial charge in [0.2, 0.25) is 63.7 Å². The fourth-order valence-corrected chi connectivity index (χ4v) is 21.8. The van der Waals surface area contributed by atoms with Crippen molar-refractivity contribution in [3.63, 3.8) is 0 Å². The number of aryl methyl sites for hydroxylation is 3. The first-order chi connectivity index (χ1) is 62.3. The molecule has 0 unspecified atom stereocenters. The summed E-state index contributed by atoms with van der Waals surface area (Å²) in [4.78, 5) is 75.7. The Bertz CT molecular complexity index is 5930. The van der Waals surface area contributed by atoms with E-state index in [9.17, 15) is 106 Å². The van der Waals surface area contributed by atoms with Crippen molar-refractivity contribution in [3.05, 3.63) is 211 Å². The molecule has 16 rings (SSSR count). The molecular weight excluding hydrogens is 1840 g/mol. The molecule has 8 aliphatic rings. The van der Waals surface area contributed by atoms with E-state index < -0.39 is 169 Å². The van der Waals surface area contributed by atoms with E-state index in [1.165, 1.54) is 27.1 Å². The van der Waals surface area contributed by atoms with Crippen LogP contribution in [0.15, 0.2) is 73.6 Å². The van der Waals surface area contributed by atoms with Gasteiger partial charge in [0.15, 0.2) is 46.5 Å². The number of fused-ring (bicyclic) bond motifs is 4. The molecule has 4 aromatic carbocycles. The van der Waals surface area contributed by atoms with Crippen molar-refractivity contribution < 1.29 is 106 Å². The zero-order valence-electron chi connectivity index (χ0n) is 71.8. The van der Waals surface area contributed by atoms with Crippen LogP contribution in [0.2, 0.25) is 0 Å². The molecule has 8 heterocycles. The molecule has 4 aliphatic carbocycles. The maximum atomic E-state index is 14.0. The Morgan fingerprint density at radius 1 is 0.341 bits per heavy atom. The van der Waals surface area contributed by atoms with E-state index in [4.69, 9.17) is 22.9 Å². The van der Waals surface area contributed by atoms with Gasteiger partial charge in [0.05, 0.1) is 118 Å². The minimum absolute atomic E-state index is 0.0215. The Balaban J connectivity index is 0.000000150. The Kier molecular flexibility index (Phi) is 31.3. The minimum atomic E-state index is -3.45. The first kappa shape index (κ1) is 99.5. The van der Waals surface area contributed by atoms with Crippen LogP contribution in [0.1, 0.15) is 145 Å². The second kappa shape index (κ2) is 41.5. The summed E-state index contributed by atoms with van der Waals surface area (Å²) >= 11 is 0. The molecule has 12 N–H and O–H groups in total. The van der Waals surface area contributed by atoms with Crippen molar-refractivity contribution in [2.45, 2.75) is 224 Å². The van der Waals surface area contributed by atoms with Crippen LogP contribution >= 0.6 is 0 Å². The molecule has 49 heteroatoms. The molecule has 4 fully saturated rings. The standard InChI is InChI=1S/2C21H26F3N5O3S.C21H24F3N5O3S.C20H25F3N6O3S/c1-28-11-26-19-10-29(14(7-20(19)28)9-27-33(31,32)15-2-3-15)21(30)6-13(25)4-12-5-17(23)18(24)8-16(12)22;1-28-11-26-19-7-14(9-27-33(31,32)15-2-3-15)29(10-20(19)28)21(30)6-13(25)4-12-5-17(23)18(24)8-16(12)22;22-16-9-18(24)17(23)6-12(16)5-13(25)7-21(30)29-11-20-19(26-3-4-27-20)8-14(29)10-28-33(31,32)15-1-2-15;1-28-19-7-13(9-25-33(31,32)14-2-3-14)29(10-18(19)26-27-28)20(30)6-12(24)4-11-5-16(22)17(23)8-15(11)21/h2*5,8,11,13-15,27H,2-4,6-7,9-10,25H2,1H3;3-4,6,9,13-15,28H,1-2,5,7-8,10-11,25H2;5,8,12-14,25H,2-4,6-7,9-10,24H2,1H3/t3*13-,14+;12-,13+/m1111/s1. The van der Waals surface area contributed by atoms with Gasteiger partial charge in [0, 0.05) is 165 Å². The molecule has 8 aromatic rings. The molecule has 0 radical (unpaired) electrons. The van der Waals surface area contributed by atoms with Gasteiger partial charge in [-0.05, 0) is 124 Å². The van der Waals surface area contributed by atoms with Crippen molar-refractivity contribution in [1.29, 1.82) is 0 Å². The summed E-state index contributed by atoms with van der Waals surface area (Å²) in [6.07, 6.45) is 11.4. The number of carbonyl (C=O) groups is 4. The number of carbonyl (C=O) groups excluding carboxylic acids is 4. The number of hydrogen-bond donors (Lipinski definition) is 8. The van der Waals surface area contributed by atoms with Crippen LogP contribution in [0.3, 0.4) is 0 Å². The van der Waals surface area contributed by atoms with Gasteiger partial charge in [-0.3, -0.25) is 33.8 Å². The zero-order valence-corrected chi connectivity index (χ0v) is 75.1. The lowest BCUT2D eigenvalue weighted by molar-refractivity contribution is -0.135. The Hall–Kier alpha value is -9.96. The van der Waals surface area contributed by atoms with E-state index in [1.807, 2.05) is 18.7 Å². The normalized spacial score (nSPS) is 19.4. The quantitative estimate of drug-likeness (QED) is 0.0218. The molecule has 8 atom stereocenters. The third kappa shape index (κ3) is 25.2. The maximum absolute atomic E-state index is 14.0. The van der Waals surface area contributed by atoms with E-state index in [0.717, 1.165) is 47.0 Å². The van der Waals surface area contributed by atoms with E-state index >= 15 is 0 Å². The van der Waals surface area contributed by atoms with Gasteiger partial charge < -0.3 is 51.7 Å². The van der Waals surface area contributed by atoms with Crippen molar-refractivity contribution in [2.75, 3.05) is 26.2 Å². The number of nitrogens with two attached hydrogens (primary N) is 4. The van der Waals surface area contributed by atoms with Crippen LogP contribution in [-0.4, -0.2) is 216 Å². The summed E-state index contributed by atoms with van der Waals surface area (Å²) in [7, 11) is -8.38. The molecule has 0 saturated heterocycles. The first-order valence-electron chi connectivity index (χ1n) is 42.6. The third-order valence-corrected chi connectivity index (χ3v) is 31.9. The summed E-state index contributed by atoms with van der Waals surface area (Å²) in [5, 5.41) is 6.50. The highest BCUT2D eigenvalue weighted by Gasteiger charge is 2.44. The Labute approximate surface area is 753 Å². The Morgan fingerprint density at radius 2 is 0.614 bits per heavy atom. The summed E-state index contributed by atoms with van der Waals surface area (Å²) < 4.78 is 276. The van der Waals surface area contributed by atoms with Crippen LogP contribution in [0.5, 0.6) is 0 Å². The summed E-state index contributed by atoms with van der Waals surface area (Å²) in [5.41, 5.74) is 29.6. The van der Waals surface area contributed by atoms with Crippen LogP contribution < -0.4 is 41.8 Å². The zero-order chi connectivity index (χ0) is 95.5. The Morgan fingerprint density at radius 3 is 0.955 bits per heavy atom. The highest BCUT2D eigenvalue weighted by molar-refractivity contribution is 7.91. The van der Waals surface area contributed by atoms with Gasteiger partial charge >= 0.3 is 0 Å². The highest BCUT2D eigenvalue weighted by Crippen LogP contribution is 2.35. The third-order valence-electron chi connectivity index (χ3n) is 24.2. The van der Waals surface area contributed by atoms with Crippen molar-refractivity contribution in [2.24, 2.45) is 44.1 Å². The second-order valence-electron chi connectivity index (χ2n) is 34.5. The largest absolute Gasteiger partial charge is 0.337 e. The predicted octanol–water partition coefficient (Wildman–Crippen LogP) is 3.98. The van der Waals surface area contributed by atoms with Gasteiger partial charge in [0.1, 0.15) is 29.0 Å². The molecule has 4 aliphatic heterocycles. The molecule has 0 bridgehead atoms. The number of sulfonamides is 4. The van der Waals surface area contributed by atoms with E-state index in [2.05, 4.69) is 49.1 Å². The minimum Gasteiger partial charge on any atom is -0.337 e. The van der Waals surface area contributed by atoms with Gasteiger partial charge in [-0.15, -0.1) is 5.10 Å². The van der Waals surface area contributed by atoms with Gasteiger partial charge in [-0.1, -0.05) is 5.21 Å². The number of nitrogens with zero attached hydrogens (tertiary/aromatic N) is 13. The summed E-state index contributed by atoms with van der Waals surface area (Å²) in [5.74, 6) is -15.1. The molecule has 4 saturated carbocycles. The summed E-state index contributed by atoms with van der Waals surface area (Å²) in [6, 6.07) is -0.528. The van der Waals surface area contributed by atoms with Crippen molar-refractivity contribution in [1.82, 2.24) is 82.6 Å². The smallest absolute Gasteiger partial charge is 0.224 e. The average Bonchev–Trinajstić information content (AvgIpc) is 1.71. The van der Waals surface area contributed by atoms with Crippen molar-refractivity contribution >= 4 is 63.7 Å². The van der Waals surface area contributed by atoms with E-state index in [0.29, 0.717) is 124 Å². The SMILES string of the molecule is Cn1cnc2c1CN(C(=O)C[C@H](N)Cc1cc(F)c(F)cc1F)[C@H](CNS(=O)(=O)C1CC1)C2.Cn1cnc2c1C[C@@H](CNS(=O)(=O)C1CC1)N(C(=O)C[C@H](N)Cc1cc(F)c(F)cc1F)C2.Cn1nnc2c1C[C@@H](CNS(=O)(=O)C1CC1)N(C(=O)C[C@H](N)Cc1cc(F)c(F)cc1F)C2.N[C@@H](CC(=O)N1Cc2nccnc2C[C@H]1CNS(=O)(=O)C1CC1)Cc1cc(F)c(F)cc1F.